The van der Waals surface area contributed by atoms with Crippen molar-refractivity contribution in [3.8, 4) is 0 Å². The first-order valence-electron chi connectivity index (χ1n) is 7.15. The molecule has 0 spiro atoms. The third-order valence-corrected chi connectivity index (χ3v) is 4.09. The first kappa shape index (κ1) is 14.9. The molecule has 0 unspecified atom stereocenters. The summed E-state index contributed by atoms with van der Waals surface area (Å²) < 4.78 is 0.945. The van der Waals surface area contributed by atoms with Crippen LogP contribution < -0.4 is 5.32 Å². The van der Waals surface area contributed by atoms with Crippen LogP contribution in [0.15, 0.2) is 52.2 Å². The largest absolute Gasteiger partial charge is 0.324 e. The summed E-state index contributed by atoms with van der Waals surface area (Å²) in [6.07, 6.45) is 3.50. The molecule has 0 radical (unpaired) electrons. The van der Waals surface area contributed by atoms with Crippen molar-refractivity contribution in [1.82, 2.24) is 4.98 Å². The first-order chi connectivity index (χ1) is 10.6. The number of carbonyl (C=O) groups is 1. The average molecular weight is 358 g/mol. The molecule has 1 atom stereocenters. The molecule has 1 aliphatic heterocycles. The molecule has 5 heteroatoms. The van der Waals surface area contributed by atoms with Crippen LogP contribution in [0.1, 0.15) is 25.0 Å². The minimum atomic E-state index is -0.415. The smallest absolute Gasteiger partial charge is 0.249 e. The van der Waals surface area contributed by atoms with E-state index in [9.17, 15) is 4.79 Å². The summed E-state index contributed by atoms with van der Waals surface area (Å²) in [6.45, 7) is 4.00. The second-order valence-corrected chi connectivity index (χ2v) is 6.50. The van der Waals surface area contributed by atoms with E-state index in [4.69, 9.17) is 4.99 Å². The Balaban J connectivity index is 2.23. The molecule has 1 aromatic carbocycles. The Labute approximate surface area is 137 Å². The highest BCUT2D eigenvalue weighted by atomic mass is 79.9. The molecule has 3 rings (SSSR count). The molecule has 1 amide bonds. The standard InChI is InChI=1S/C17H16BrN3O/c1-10(2)15-17(22)20-14-6-5-12(18)8-13(14)16(21-15)11-4-3-7-19-9-11/h3-10,15H,1-2H3,(H,20,22)/t15-/m0/s1. The van der Waals surface area contributed by atoms with E-state index in [1.54, 1.807) is 12.4 Å². The molecular weight excluding hydrogens is 342 g/mol. The van der Waals surface area contributed by atoms with Gasteiger partial charge in [0.25, 0.3) is 0 Å². The van der Waals surface area contributed by atoms with Gasteiger partial charge in [-0.3, -0.25) is 14.8 Å². The van der Waals surface area contributed by atoms with Crippen molar-refractivity contribution < 1.29 is 4.79 Å². The molecule has 112 valence electrons. The third-order valence-electron chi connectivity index (χ3n) is 3.60. The van der Waals surface area contributed by atoms with Gasteiger partial charge < -0.3 is 5.32 Å². The molecule has 0 fully saturated rings. The van der Waals surface area contributed by atoms with Crippen molar-refractivity contribution in [2.24, 2.45) is 10.9 Å². The SMILES string of the molecule is CC(C)[C@@H]1N=C(c2cccnc2)c2cc(Br)ccc2NC1=O. The topological polar surface area (TPSA) is 54.4 Å². The van der Waals surface area contributed by atoms with Gasteiger partial charge in [0.1, 0.15) is 6.04 Å². The van der Waals surface area contributed by atoms with Gasteiger partial charge in [0.05, 0.1) is 11.4 Å². The van der Waals surface area contributed by atoms with Crippen LogP contribution in [0.5, 0.6) is 0 Å². The number of anilines is 1. The number of rotatable bonds is 2. The summed E-state index contributed by atoms with van der Waals surface area (Å²) in [5.41, 5.74) is 3.38. The van der Waals surface area contributed by atoms with Crippen LogP contribution in [-0.2, 0) is 4.79 Å². The summed E-state index contributed by atoms with van der Waals surface area (Å²) in [6, 6.07) is 9.21. The van der Waals surface area contributed by atoms with Crippen molar-refractivity contribution in [3.05, 3.63) is 58.3 Å². The lowest BCUT2D eigenvalue weighted by molar-refractivity contribution is -0.118. The summed E-state index contributed by atoms with van der Waals surface area (Å²) >= 11 is 3.49. The first-order valence-corrected chi connectivity index (χ1v) is 7.94. The van der Waals surface area contributed by atoms with Crippen molar-refractivity contribution >= 4 is 33.2 Å². The number of hydrogen-bond acceptors (Lipinski definition) is 3. The predicted octanol–water partition coefficient (Wildman–Crippen LogP) is 3.66. The van der Waals surface area contributed by atoms with Crippen molar-refractivity contribution in [2.75, 3.05) is 5.32 Å². The summed E-state index contributed by atoms with van der Waals surface area (Å²) in [4.78, 5) is 21.4. The number of benzodiazepines with no additional fused rings is 1. The highest BCUT2D eigenvalue weighted by Crippen LogP contribution is 2.28. The van der Waals surface area contributed by atoms with Crippen LogP contribution in [0.3, 0.4) is 0 Å². The van der Waals surface area contributed by atoms with E-state index in [2.05, 4.69) is 26.2 Å². The normalized spacial score (nSPS) is 17.5. The van der Waals surface area contributed by atoms with Crippen molar-refractivity contribution in [2.45, 2.75) is 19.9 Å². The molecule has 4 nitrogen and oxygen atoms in total. The number of carbonyl (C=O) groups excluding carboxylic acids is 1. The van der Waals surface area contributed by atoms with Gasteiger partial charge in [-0.15, -0.1) is 0 Å². The zero-order valence-electron chi connectivity index (χ0n) is 12.4. The van der Waals surface area contributed by atoms with Gasteiger partial charge in [0.2, 0.25) is 5.91 Å². The fraction of sp³-hybridized carbons (Fsp3) is 0.235. The van der Waals surface area contributed by atoms with Crippen LogP contribution in [0, 0.1) is 5.92 Å². The molecule has 2 aromatic rings. The third kappa shape index (κ3) is 2.81. The van der Waals surface area contributed by atoms with E-state index in [1.807, 2.05) is 44.2 Å². The number of benzene rings is 1. The maximum atomic E-state index is 12.4. The number of hydrogen-bond donors (Lipinski definition) is 1. The molecule has 22 heavy (non-hydrogen) atoms. The fourth-order valence-electron chi connectivity index (χ4n) is 2.48. The van der Waals surface area contributed by atoms with Gasteiger partial charge in [0, 0.05) is 28.0 Å². The Bertz CT molecular complexity index is 741. The number of nitrogens with zero attached hydrogens (tertiary/aromatic N) is 2. The summed E-state index contributed by atoms with van der Waals surface area (Å²) in [5.74, 6) is 0.0434. The molecule has 0 bridgehead atoms. The van der Waals surface area contributed by atoms with Gasteiger partial charge in [-0.1, -0.05) is 29.8 Å². The zero-order valence-corrected chi connectivity index (χ0v) is 14.0. The molecule has 1 N–H and O–H groups in total. The Hall–Kier alpha value is -2.01. The van der Waals surface area contributed by atoms with E-state index in [1.165, 1.54) is 0 Å². The minimum Gasteiger partial charge on any atom is -0.324 e. The average Bonchev–Trinajstić information content (AvgIpc) is 2.64. The highest BCUT2D eigenvalue weighted by molar-refractivity contribution is 9.10. The van der Waals surface area contributed by atoms with E-state index in [0.29, 0.717) is 0 Å². The van der Waals surface area contributed by atoms with Gasteiger partial charge in [-0.2, -0.15) is 0 Å². The maximum absolute atomic E-state index is 12.4. The minimum absolute atomic E-state index is 0.0718. The highest BCUT2D eigenvalue weighted by Gasteiger charge is 2.28. The number of aliphatic imine (C=N–C) groups is 1. The van der Waals surface area contributed by atoms with Crippen LogP contribution in [0.25, 0.3) is 0 Å². The van der Waals surface area contributed by atoms with Crippen LogP contribution in [0.4, 0.5) is 5.69 Å². The second kappa shape index (κ2) is 6.01. The van der Waals surface area contributed by atoms with Crippen LogP contribution in [-0.4, -0.2) is 22.6 Å². The van der Waals surface area contributed by atoms with Crippen molar-refractivity contribution in [1.29, 1.82) is 0 Å². The molecule has 1 aromatic heterocycles. The molecule has 1 aliphatic rings. The quantitative estimate of drug-likeness (QED) is 0.891. The number of amides is 1. The second-order valence-electron chi connectivity index (χ2n) is 5.59. The monoisotopic (exact) mass is 357 g/mol. The molecule has 2 heterocycles. The van der Waals surface area contributed by atoms with Gasteiger partial charge >= 0.3 is 0 Å². The molecule has 0 aliphatic carbocycles. The lowest BCUT2D eigenvalue weighted by Gasteiger charge is -2.14. The summed E-state index contributed by atoms with van der Waals surface area (Å²) in [7, 11) is 0. The van der Waals surface area contributed by atoms with Gasteiger partial charge in [0.15, 0.2) is 0 Å². The van der Waals surface area contributed by atoms with E-state index >= 15 is 0 Å². The van der Waals surface area contributed by atoms with E-state index < -0.39 is 6.04 Å². The fourth-order valence-corrected chi connectivity index (χ4v) is 2.84. The summed E-state index contributed by atoms with van der Waals surface area (Å²) in [5, 5.41) is 2.99. The van der Waals surface area contributed by atoms with Crippen molar-refractivity contribution in [3.63, 3.8) is 0 Å². The lowest BCUT2D eigenvalue weighted by atomic mass is 10.0. The number of fused-ring (bicyclic) bond motifs is 1. The Kier molecular flexibility index (Phi) is 4.07. The molecular formula is C17H16BrN3O. The number of aromatic nitrogens is 1. The van der Waals surface area contributed by atoms with Crippen LogP contribution in [0.2, 0.25) is 0 Å². The van der Waals surface area contributed by atoms with E-state index in [0.717, 1.165) is 27.0 Å². The number of halogens is 1. The predicted molar refractivity (Wildman–Crippen MR) is 91.3 cm³/mol. The lowest BCUT2D eigenvalue weighted by Crippen LogP contribution is -2.30. The van der Waals surface area contributed by atoms with Gasteiger partial charge in [-0.05, 0) is 36.2 Å². The molecule has 0 saturated carbocycles. The maximum Gasteiger partial charge on any atom is 0.249 e. The van der Waals surface area contributed by atoms with Crippen LogP contribution >= 0.6 is 15.9 Å². The zero-order chi connectivity index (χ0) is 15.7. The Morgan fingerprint density at radius 2 is 2.09 bits per heavy atom. The Morgan fingerprint density at radius 3 is 2.77 bits per heavy atom. The number of pyridine rings is 1. The number of nitrogens with one attached hydrogen (secondary N) is 1. The molecule has 0 saturated heterocycles. The van der Waals surface area contributed by atoms with E-state index in [-0.39, 0.29) is 11.8 Å². The van der Waals surface area contributed by atoms with Gasteiger partial charge in [-0.25, -0.2) is 0 Å². The Morgan fingerprint density at radius 1 is 1.27 bits per heavy atom.